The van der Waals surface area contributed by atoms with Crippen molar-refractivity contribution in [2.75, 3.05) is 0 Å². The summed E-state index contributed by atoms with van der Waals surface area (Å²) in [7, 11) is 0. The largest absolute Gasteiger partial charge is 0.513 e. The Balaban J connectivity index is 0.00000113. The summed E-state index contributed by atoms with van der Waals surface area (Å²) in [5, 5.41) is 9.12. The van der Waals surface area contributed by atoms with E-state index in [4.69, 9.17) is 5.11 Å². The van der Waals surface area contributed by atoms with E-state index in [0.717, 1.165) is 6.42 Å². The summed E-state index contributed by atoms with van der Waals surface area (Å²) in [4.78, 5) is 0. The normalized spacial score (nSPS) is 16.5. The lowest BCUT2D eigenvalue weighted by Crippen LogP contribution is -2.25. The Morgan fingerprint density at radius 2 is 1.54 bits per heavy atom. The molecular weight excluding hydrogens is 316 g/mol. The Morgan fingerprint density at radius 3 is 1.96 bits per heavy atom. The Labute approximate surface area is 162 Å². The van der Waals surface area contributed by atoms with Gasteiger partial charge in [0, 0.05) is 0 Å². The molecule has 0 spiro atoms. The van der Waals surface area contributed by atoms with Crippen molar-refractivity contribution in [3.63, 3.8) is 0 Å². The van der Waals surface area contributed by atoms with Gasteiger partial charge < -0.3 is 5.11 Å². The number of rotatable bonds is 5. The topological polar surface area (TPSA) is 20.2 Å². The highest BCUT2D eigenvalue weighted by Gasteiger charge is 2.34. The second-order valence-electron chi connectivity index (χ2n) is 6.99. The molecular formula is C25H40O. The third-order valence-corrected chi connectivity index (χ3v) is 4.78. The third-order valence-electron chi connectivity index (χ3n) is 4.78. The first kappa shape index (κ1) is 24.2. The van der Waals surface area contributed by atoms with Gasteiger partial charge in [-0.25, -0.2) is 0 Å². The van der Waals surface area contributed by atoms with Gasteiger partial charge in [0.2, 0.25) is 0 Å². The zero-order valence-corrected chi connectivity index (χ0v) is 18.0. The number of aliphatic hydroxyl groups excluding tert-OH is 1. The molecule has 1 aromatic carbocycles. The predicted molar refractivity (Wildman–Crippen MR) is 118 cm³/mol. The van der Waals surface area contributed by atoms with Crippen molar-refractivity contribution in [1.29, 1.82) is 0 Å². The van der Waals surface area contributed by atoms with Crippen molar-refractivity contribution < 1.29 is 5.11 Å². The van der Waals surface area contributed by atoms with Gasteiger partial charge in [0.25, 0.3) is 0 Å². The SMILES string of the molecule is CC.CCC.CCC(C)(/C=C/C=C\C=C(/C)O)C1Cc2ccccc2C1. The van der Waals surface area contributed by atoms with E-state index >= 15 is 0 Å². The van der Waals surface area contributed by atoms with E-state index in [1.54, 1.807) is 13.0 Å². The number of allylic oxidation sites excluding steroid dienone is 6. The summed E-state index contributed by atoms with van der Waals surface area (Å²) in [6.45, 7) is 14.6. The maximum Gasteiger partial charge on any atom is 0.0891 e. The fourth-order valence-electron chi connectivity index (χ4n) is 3.10. The maximum absolute atomic E-state index is 9.12. The average molecular weight is 357 g/mol. The summed E-state index contributed by atoms with van der Waals surface area (Å²) >= 11 is 0. The van der Waals surface area contributed by atoms with Crippen LogP contribution in [-0.2, 0) is 12.8 Å². The van der Waals surface area contributed by atoms with Crippen LogP contribution in [0.25, 0.3) is 0 Å². The van der Waals surface area contributed by atoms with Crippen molar-refractivity contribution in [2.24, 2.45) is 11.3 Å². The van der Waals surface area contributed by atoms with Crippen LogP contribution in [0, 0.1) is 11.3 Å². The lowest BCUT2D eigenvalue weighted by molar-refractivity contribution is 0.255. The number of aliphatic hydroxyl groups is 1. The minimum atomic E-state index is 0.224. The van der Waals surface area contributed by atoms with E-state index in [1.807, 2.05) is 26.0 Å². The summed E-state index contributed by atoms with van der Waals surface area (Å²) in [6, 6.07) is 8.83. The fraction of sp³-hybridized carbons (Fsp3) is 0.520. The van der Waals surface area contributed by atoms with Gasteiger partial charge >= 0.3 is 0 Å². The molecule has 1 unspecified atom stereocenters. The van der Waals surface area contributed by atoms with Crippen molar-refractivity contribution in [2.45, 2.75) is 74.1 Å². The van der Waals surface area contributed by atoms with E-state index in [1.165, 1.54) is 30.4 Å². The highest BCUT2D eigenvalue weighted by molar-refractivity contribution is 5.33. The summed E-state index contributed by atoms with van der Waals surface area (Å²) in [5.74, 6) is 1.02. The molecule has 0 saturated carbocycles. The standard InChI is InChI=1S/C20H26O.C3H8.C2H6/c1-4-20(3,13-9-5-6-10-16(2)21)19-14-17-11-7-8-12-18(17)15-19;1-3-2;1-2/h5-13,19,21H,4,14-15H2,1-3H3;3H2,1-2H3;1-2H3/b6-5-,13-9+,16-10+;;. The van der Waals surface area contributed by atoms with Crippen LogP contribution in [0.5, 0.6) is 0 Å². The molecule has 1 atom stereocenters. The third kappa shape index (κ3) is 8.08. The van der Waals surface area contributed by atoms with Crippen LogP contribution >= 0.6 is 0 Å². The summed E-state index contributed by atoms with van der Waals surface area (Å²) in [5.41, 5.74) is 3.26. The molecule has 1 heteroatoms. The number of hydrogen-bond acceptors (Lipinski definition) is 1. The molecule has 1 nitrogen and oxygen atoms in total. The smallest absolute Gasteiger partial charge is 0.0891 e. The molecule has 1 N–H and O–H groups in total. The second-order valence-corrected chi connectivity index (χ2v) is 6.99. The van der Waals surface area contributed by atoms with Crippen molar-refractivity contribution >= 4 is 0 Å². The molecule has 1 aliphatic carbocycles. The van der Waals surface area contributed by atoms with Crippen LogP contribution in [0.15, 0.2) is 60.4 Å². The van der Waals surface area contributed by atoms with Crippen LogP contribution in [0.2, 0.25) is 0 Å². The first-order chi connectivity index (χ1) is 12.5. The van der Waals surface area contributed by atoms with Gasteiger partial charge in [0.1, 0.15) is 0 Å². The molecule has 1 aromatic rings. The molecule has 1 aliphatic rings. The summed E-state index contributed by atoms with van der Waals surface area (Å²) < 4.78 is 0. The monoisotopic (exact) mass is 356 g/mol. The van der Waals surface area contributed by atoms with Gasteiger partial charge in [0.05, 0.1) is 5.76 Å². The van der Waals surface area contributed by atoms with E-state index < -0.39 is 0 Å². The Bertz CT molecular complexity index is 551. The zero-order valence-electron chi connectivity index (χ0n) is 18.0. The van der Waals surface area contributed by atoms with Crippen LogP contribution in [-0.4, -0.2) is 5.11 Å². The first-order valence-electron chi connectivity index (χ1n) is 10.2. The van der Waals surface area contributed by atoms with Crippen LogP contribution in [0.3, 0.4) is 0 Å². The molecule has 26 heavy (non-hydrogen) atoms. The maximum atomic E-state index is 9.12. The Hall–Kier alpha value is -1.76. The van der Waals surface area contributed by atoms with E-state index in [2.05, 4.69) is 64.1 Å². The van der Waals surface area contributed by atoms with E-state index in [9.17, 15) is 0 Å². The van der Waals surface area contributed by atoms with Gasteiger partial charge in [0.15, 0.2) is 0 Å². The molecule has 0 fully saturated rings. The molecule has 0 bridgehead atoms. The minimum Gasteiger partial charge on any atom is -0.513 e. The lowest BCUT2D eigenvalue weighted by Gasteiger charge is -2.31. The van der Waals surface area contributed by atoms with Gasteiger partial charge in [-0.3, -0.25) is 0 Å². The van der Waals surface area contributed by atoms with Crippen LogP contribution in [0.1, 0.15) is 72.4 Å². The van der Waals surface area contributed by atoms with Crippen molar-refractivity contribution in [3.05, 3.63) is 71.5 Å². The van der Waals surface area contributed by atoms with Crippen LogP contribution < -0.4 is 0 Å². The van der Waals surface area contributed by atoms with Crippen molar-refractivity contribution in [3.8, 4) is 0 Å². The Kier molecular flexibility index (Phi) is 12.5. The number of fused-ring (bicyclic) bond motifs is 1. The van der Waals surface area contributed by atoms with E-state index in [-0.39, 0.29) is 5.41 Å². The van der Waals surface area contributed by atoms with Gasteiger partial charge in [-0.1, -0.05) is 96.5 Å². The number of benzene rings is 1. The molecule has 0 aliphatic heterocycles. The van der Waals surface area contributed by atoms with Crippen molar-refractivity contribution in [1.82, 2.24) is 0 Å². The van der Waals surface area contributed by atoms with E-state index in [0.29, 0.717) is 11.7 Å². The minimum absolute atomic E-state index is 0.224. The van der Waals surface area contributed by atoms with Gasteiger partial charge in [-0.15, -0.1) is 0 Å². The van der Waals surface area contributed by atoms with Crippen LogP contribution in [0.4, 0.5) is 0 Å². The predicted octanol–water partition coefficient (Wildman–Crippen LogP) is 7.83. The highest BCUT2D eigenvalue weighted by atomic mass is 16.3. The molecule has 146 valence electrons. The molecule has 0 aromatic heterocycles. The molecule has 0 radical (unpaired) electrons. The van der Waals surface area contributed by atoms with Gasteiger partial charge in [-0.05, 0) is 54.7 Å². The lowest BCUT2D eigenvalue weighted by atomic mass is 9.73. The second kappa shape index (κ2) is 13.4. The average Bonchev–Trinajstić information content (AvgIpc) is 3.08. The zero-order chi connectivity index (χ0) is 20.0. The molecule has 0 heterocycles. The van der Waals surface area contributed by atoms with Gasteiger partial charge in [-0.2, -0.15) is 0 Å². The fourth-order valence-corrected chi connectivity index (χ4v) is 3.10. The molecule has 2 rings (SSSR count). The highest BCUT2D eigenvalue weighted by Crippen LogP contribution is 2.42. The number of hydrogen-bond donors (Lipinski definition) is 1. The Morgan fingerprint density at radius 1 is 1.04 bits per heavy atom. The quantitative estimate of drug-likeness (QED) is 0.421. The summed E-state index contributed by atoms with van der Waals surface area (Å²) in [6.07, 6.45) is 14.8. The first-order valence-corrected chi connectivity index (χ1v) is 10.2. The molecule has 0 amide bonds. The molecule has 0 saturated heterocycles.